The zero-order chi connectivity index (χ0) is 21.6. The SMILES string of the molecule is CCOCCCn1c(SCc2nc(-c3ccc(F)cc3)no2)nc2ccccc2c1=O. The third-order valence-corrected chi connectivity index (χ3v) is 5.56. The minimum atomic E-state index is -0.326. The van der Waals surface area contributed by atoms with Gasteiger partial charge in [-0.05, 0) is 49.7 Å². The summed E-state index contributed by atoms with van der Waals surface area (Å²) in [5.41, 5.74) is 1.23. The van der Waals surface area contributed by atoms with Crippen LogP contribution in [-0.2, 0) is 17.0 Å². The van der Waals surface area contributed by atoms with Crippen molar-refractivity contribution in [2.24, 2.45) is 0 Å². The van der Waals surface area contributed by atoms with Gasteiger partial charge >= 0.3 is 0 Å². The highest BCUT2D eigenvalue weighted by molar-refractivity contribution is 7.98. The van der Waals surface area contributed by atoms with E-state index in [2.05, 4.69) is 15.1 Å². The molecule has 0 spiro atoms. The lowest BCUT2D eigenvalue weighted by Gasteiger charge is -2.12. The van der Waals surface area contributed by atoms with Crippen molar-refractivity contribution in [3.05, 3.63) is 70.6 Å². The van der Waals surface area contributed by atoms with Crippen molar-refractivity contribution >= 4 is 22.7 Å². The number of halogens is 1. The highest BCUT2D eigenvalue weighted by Crippen LogP contribution is 2.23. The van der Waals surface area contributed by atoms with Crippen LogP contribution in [0.4, 0.5) is 4.39 Å². The maximum Gasteiger partial charge on any atom is 0.262 e. The predicted octanol–water partition coefficient (Wildman–Crippen LogP) is 4.30. The van der Waals surface area contributed by atoms with Gasteiger partial charge in [0, 0.05) is 25.3 Å². The number of benzene rings is 2. The molecule has 0 amide bonds. The van der Waals surface area contributed by atoms with Crippen molar-refractivity contribution in [1.29, 1.82) is 0 Å². The number of para-hydroxylation sites is 1. The van der Waals surface area contributed by atoms with Crippen LogP contribution < -0.4 is 5.56 Å². The molecule has 7 nitrogen and oxygen atoms in total. The minimum Gasteiger partial charge on any atom is -0.382 e. The molecule has 2 heterocycles. The van der Waals surface area contributed by atoms with Crippen molar-refractivity contribution in [1.82, 2.24) is 19.7 Å². The molecule has 0 N–H and O–H groups in total. The Morgan fingerprint density at radius 1 is 1.13 bits per heavy atom. The Balaban J connectivity index is 1.55. The molecule has 0 aliphatic heterocycles. The molecule has 9 heteroatoms. The Labute approximate surface area is 182 Å². The summed E-state index contributed by atoms with van der Waals surface area (Å²) in [6, 6.07) is 13.2. The summed E-state index contributed by atoms with van der Waals surface area (Å²) >= 11 is 1.36. The van der Waals surface area contributed by atoms with E-state index in [0.29, 0.717) is 65.3 Å². The van der Waals surface area contributed by atoms with Crippen LogP contribution in [0.3, 0.4) is 0 Å². The highest BCUT2D eigenvalue weighted by atomic mass is 32.2. The molecule has 0 atom stereocenters. The Hall–Kier alpha value is -3.04. The summed E-state index contributed by atoms with van der Waals surface area (Å²) in [6.45, 7) is 3.66. The maximum absolute atomic E-state index is 13.1. The Morgan fingerprint density at radius 2 is 1.94 bits per heavy atom. The van der Waals surface area contributed by atoms with E-state index in [4.69, 9.17) is 9.26 Å². The Morgan fingerprint density at radius 3 is 2.74 bits per heavy atom. The molecule has 0 fully saturated rings. The number of aromatic nitrogens is 4. The maximum atomic E-state index is 13.1. The summed E-state index contributed by atoms with van der Waals surface area (Å²) in [6.07, 6.45) is 0.705. The fourth-order valence-corrected chi connectivity index (χ4v) is 3.94. The molecule has 0 aliphatic carbocycles. The lowest BCUT2D eigenvalue weighted by atomic mass is 10.2. The predicted molar refractivity (Wildman–Crippen MR) is 116 cm³/mol. The largest absolute Gasteiger partial charge is 0.382 e. The Kier molecular flexibility index (Phi) is 6.73. The molecule has 4 rings (SSSR count). The van der Waals surface area contributed by atoms with E-state index < -0.39 is 0 Å². The molecule has 31 heavy (non-hydrogen) atoms. The topological polar surface area (TPSA) is 83.0 Å². The molecule has 160 valence electrons. The lowest BCUT2D eigenvalue weighted by molar-refractivity contribution is 0.140. The highest BCUT2D eigenvalue weighted by Gasteiger charge is 2.14. The second-order valence-corrected chi connectivity index (χ2v) is 7.67. The molecule has 2 aromatic carbocycles. The van der Waals surface area contributed by atoms with Crippen molar-refractivity contribution in [2.45, 2.75) is 30.8 Å². The van der Waals surface area contributed by atoms with Crippen LogP contribution in [0, 0.1) is 5.82 Å². The number of nitrogens with zero attached hydrogens (tertiary/aromatic N) is 4. The molecular formula is C22H21FN4O3S. The first kappa shape index (κ1) is 21.2. The van der Waals surface area contributed by atoms with Crippen LogP contribution in [0.1, 0.15) is 19.2 Å². The zero-order valence-electron chi connectivity index (χ0n) is 17.0. The smallest absolute Gasteiger partial charge is 0.262 e. The van der Waals surface area contributed by atoms with Crippen LogP contribution in [0.15, 0.2) is 63.0 Å². The molecular weight excluding hydrogens is 419 g/mol. The van der Waals surface area contributed by atoms with Crippen LogP contribution in [-0.4, -0.2) is 32.9 Å². The second kappa shape index (κ2) is 9.84. The van der Waals surface area contributed by atoms with Gasteiger partial charge in [0.15, 0.2) is 5.16 Å². The molecule has 2 aromatic heterocycles. The van der Waals surface area contributed by atoms with Gasteiger partial charge in [-0.3, -0.25) is 9.36 Å². The summed E-state index contributed by atoms with van der Waals surface area (Å²) < 4.78 is 25.5. The van der Waals surface area contributed by atoms with Crippen molar-refractivity contribution in [3.63, 3.8) is 0 Å². The quantitative estimate of drug-likeness (QED) is 0.218. The van der Waals surface area contributed by atoms with Gasteiger partial charge in [0.1, 0.15) is 5.82 Å². The fraction of sp³-hybridized carbons (Fsp3) is 0.273. The number of rotatable bonds is 9. The number of hydrogen-bond donors (Lipinski definition) is 0. The summed E-state index contributed by atoms with van der Waals surface area (Å²) in [4.78, 5) is 22.1. The monoisotopic (exact) mass is 440 g/mol. The molecule has 0 radical (unpaired) electrons. The minimum absolute atomic E-state index is 0.0814. The van der Waals surface area contributed by atoms with E-state index in [0.717, 1.165) is 0 Å². The van der Waals surface area contributed by atoms with Gasteiger partial charge in [0.25, 0.3) is 5.56 Å². The summed E-state index contributed by atoms with van der Waals surface area (Å²) in [5.74, 6) is 0.807. The van der Waals surface area contributed by atoms with Crippen LogP contribution >= 0.6 is 11.8 Å². The van der Waals surface area contributed by atoms with Gasteiger partial charge in [-0.15, -0.1) is 0 Å². The second-order valence-electron chi connectivity index (χ2n) is 6.73. The van der Waals surface area contributed by atoms with Crippen molar-refractivity contribution in [2.75, 3.05) is 13.2 Å². The van der Waals surface area contributed by atoms with Crippen molar-refractivity contribution in [3.8, 4) is 11.4 Å². The third kappa shape index (κ3) is 5.00. The normalized spacial score (nSPS) is 11.3. The van der Waals surface area contributed by atoms with E-state index in [1.807, 2.05) is 25.1 Å². The van der Waals surface area contributed by atoms with Crippen molar-refractivity contribution < 1.29 is 13.7 Å². The molecule has 0 saturated heterocycles. The third-order valence-electron chi connectivity index (χ3n) is 4.60. The van der Waals surface area contributed by atoms with Gasteiger partial charge in [-0.25, -0.2) is 9.37 Å². The first-order valence-electron chi connectivity index (χ1n) is 9.94. The molecule has 0 saturated carbocycles. The van der Waals surface area contributed by atoms with Crippen LogP contribution in [0.2, 0.25) is 0 Å². The first-order valence-corrected chi connectivity index (χ1v) is 10.9. The van der Waals surface area contributed by atoms with E-state index in [9.17, 15) is 9.18 Å². The molecule has 0 bridgehead atoms. The van der Waals surface area contributed by atoms with Gasteiger partial charge in [0.2, 0.25) is 11.7 Å². The molecule has 0 aliphatic rings. The van der Waals surface area contributed by atoms with Gasteiger partial charge in [-0.2, -0.15) is 4.98 Å². The van der Waals surface area contributed by atoms with Gasteiger partial charge < -0.3 is 9.26 Å². The lowest BCUT2D eigenvalue weighted by Crippen LogP contribution is -2.24. The molecule has 4 aromatic rings. The Bertz CT molecular complexity index is 1220. The molecule has 0 unspecified atom stereocenters. The van der Waals surface area contributed by atoms with E-state index in [1.165, 1.54) is 23.9 Å². The summed E-state index contributed by atoms with van der Waals surface area (Å²) in [7, 11) is 0. The van der Waals surface area contributed by atoms with E-state index in [-0.39, 0.29) is 11.4 Å². The number of ether oxygens (including phenoxy) is 1. The standard InChI is InChI=1S/C22H21FN4O3S/c1-2-29-13-5-12-27-21(28)17-6-3-4-7-18(17)24-22(27)31-14-19-25-20(26-30-19)15-8-10-16(23)11-9-15/h3-4,6-11H,2,5,12-14H2,1H3. The average Bonchev–Trinajstić information content (AvgIpc) is 3.26. The van der Waals surface area contributed by atoms with Gasteiger partial charge in [-0.1, -0.05) is 29.1 Å². The van der Waals surface area contributed by atoms with Crippen LogP contribution in [0.25, 0.3) is 22.3 Å². The number of fused-ring (bicyclic) bond motifs is 1. The number of thioether (sulfide) groups is 1. The first-order chi connectivity index (χ1) is 15.2. The van der Waals surface area contributed by atoms with E-state index >= 15 is 0 Å². The van der Waals surface area contributed by atoms with Crippen LogP contribution in [0.5, 0.6) is 0 Å². The zero-order valence-corrected chi connectivity index (χ0v) is 17.8. The average molecular weight is 441 g/mol. The number of hydrogen-bond acceptors (Lipinski definition) is 7. The van der Waals surface area contributed by atoms with Gasteiger partial charge in [0.05, 0.1) is 16.7 Å². The fourth-order valence-electron chi connectivity index (χ4n) is 3.08. The van der Waals surface area contributed by atoms with E-state index in [1.54, 1.807) is 22.8 Å². The summed E-state index contributed by atoms with van der Waals surface area (Å²) in [5, 5.41) is 5.13.